The number of morpholine rings is 1. The molecular formula is C24H29N7O3. The van der Waals surface area contributed by atoms with E-state index < -0.39 is 0 Å². The molecule has 2 aliphatic heterocycles. The second kappa shape index (κ2) is 10.6. The van der Waals surface area contributed by atoms with Crippen LogP contribution in [-0.2, 0) is 4.74 Å². The molecule has 4 heterocycles. The zero-order valence-corrected chi connectivity index (χ0v) is 19.2. The van der Waals surface area contributed by atoms with Crippen molar-refractivity contribution in [2.24, 2.45) is 0 Å². The maximum Gasteiger partial charge on any atom is 0.246 e. The molecule has 0 saturated carbocycles. The number of benzene rings is 1. The van der Waals surface area contributed by atoms with Crippen molar-refractivity contribution in [2.45, 2.75) is 18.9 Å². The third-order valence-corrected chi connectivity index (χ3v) is 5.89. The van der Waals surface area contributed by atoms with E-state index >= 15 is 0 Å². The third-order valence-electron chi connectivity index (χ3n) is 5.89. The topological polar surface area (TPSA) is 107 Å². The first-order valence-corrected chi connectivity index (χ1v) is 11.6. The van der Waals surface area contributed by atoms with Crippen molar-refractivity contribution >= 4 is 11.6 Å². The maximum absolute atomic E-state index is 6.17. The van der Waals surface area contributed by atoms with Crippen molar-refractivity contribution in [3.05, 3.63) is 42.7 Å². The van der Waals surface area contributed by atoms with Gasteiger partial charge in [0.25, 0.3) is 0 Å². The Morgan fingerprint density at radius 2 is 1.91 bits per heavy atom. The summed E-state index contributed by atoms with van der Waals surface area (Å²) in [6.45, 7) is 4.68. The van der Waals surface area contributed by atoms with E-state index in [1.165, 1.54) is 6.42 Å². The zero-order chi connectivity index (χ0) is 23.2. The Balaban J connectivity index is 1.41. The molecule has 0 amide bonds. The molecule has 0 radical (unpaired) electrons. The minimum absolute atomic E-state index is 0.423. The number of methoxy groups -OCH3 is 1. The molecule has 0 bridgehead atoms. The SMILES string of the molecule is COc1ccc(Oc2nc(-c3ccnc(N4CCOCC4)n3)ncc2NC[C@@H]2CCCN2)cc1. The first-order valence-electron chi connectivity index (χ1n) is 11.6. The monoisotopic (exact) mass is 463 g/mol. The summed E-state index contributed by atoms with van der Waals surface area (Å²) in [5, 5.41) is 6.94. The van der Waals surface area contributed by atoms with Gasteiger partial charge in [-0.2, -0.15) is 4.98 Å². The van der Waals surface area contributed by atoms with Crippen LogP contribution < -0.4 is 25.0 Å². The van der Waals surface area contributed by atoms with Crippen LogP contribution in [0.15, 0.2) is 42.7 Å². The Morgan fingerprint density at radius 3 is 2.68 bits per heavy atom. The van der Waals surface area contributed by atoms with Crippen LogP contribution in [-0.4, -0.2) is 72.5 Å². The second-order valence-corrected chi connectivity index (χ2v) is 8.21. The molecule has 1 aromatic carbocycles. The van der Waals surface area contributed by atoms with Gasteiger partial charge in [0, 0.05) is 31.9 Å². The zero-order valence-electron chi connectivity index (χ0n) is 19.2. The summed E-state index contributed by atoms with van der Waals surface area (Å²) in [5.74, 6) is 2.99. The molecule has 0 spiro atoms. The van der Waals surface area contributed by atoms with Gasteiger partial charge in [0.15, 0.2) is 5.82 Å². The molecule has 2 fully saturated rings. The highest BCUT2D eigenvalue weighted by molar-refractivity contribution is 5.59. The lowest BCUT2D eigenvalue weighted by atomic mass is 10.2. The van der Waals surface area contributed by atoms with Crippen LogP contribution in [0.4, 0.5) is 11.6 Å². The highest BCUT2D eigenvalue weighted by atomic mass is 16.5. The van der Waals surface area contributed by atoms with Gasteiger partial charge in [-0.1, -0.05) is 0 Å². The number of ether oxygens (including phenoxy) is 3. The van der Waals surface area contributed by atoms with Gasteiger partial charge in [0.05, 0.1) is 26.5 Å². The van der Waals surface area contributed by atoms with Crippen molar-refractivity contribution < 1.29 is 14.2 Å². The van der Waals surface area contributed by atoms with E-state index in [1.807, 2.05) is 30.3 Å². The Hall–Kier alpha value is -3.50. The van der Waals surface area contributed by atoms with E-state index in [0.717, 1.165) is 44.0 Å². The van der Waals surface area contributed by atoms with Gasteiger partial charge in [0.1, 0.15) is 22.9 Å². The van der Waals surface area contributed by atoms with Gasteiger partial charge in [0.2, 0.25) is 11.8 Å². The lowest BCUT2D eigenvalue weighted by Crippen LogP contribution is -2.37. The average molecular weight is 464 g/mol. The number of hydrogen-bond acceptors (Lipinski definition) is 10. The molecule has 5 rings (SSSR count). The number of hydrogen-bond donors (Lipinski definition) is 2. The van der Waals surface area contributed by atoms with Crippen molar-refractivity contribution in [3.63, 3.8) is 0 Å². The molecule has 2 N–H and O–H groups in total. The minimum Gasteiger partial charge on any atom is -0.497 e. The smallest absolute Gasteiger partial charge is 0.246 e. The molecule has 2 aliphatic rings. The predicted octanol–water partition coefficient (Wildman–Crippen LogP) is 2.74. The lowest BCUT2D eigenvalue weighted by molar-refractivity contribution is 0.122. The Bertz CT molecular complexity index is 1080. The highest BCUT2D eigenvalue weighted by Crippen LogP contribution is 2.30. The van der Waals surface area contributed by atoms with Crippen LogP contribution in [0.25, 0.3) is 11.5 Å². The molecule has 10 nitrogen and oxygen atoms in total. The standard InChI is InChI=1S/C24H29N7O3/c1-32-18-4-6-19(7-5-18)34-23-21(27-15-17-3-2-9-25-17)16-28-22(30-23)20-8-10-26-24(29-20)31-11-13-33-14-12-31/h4-8,10,16-17,25,27H,2-3,9,11-15H2,1H3/t17-/m0/s1. The number of aromatic nitrogens is 4. The van der Waals surface area contributed by atoms with Gasteiger partial charge in [-0.05, 0) is 49.7 Å². The molecule has 0 aliphatic carbocycles. The third kappa shape index (κ3) is 5.35. The molecule has 0 unspecified atom stereocenters. The van der Waals surface area contributed by atoms with E-state index in [1.54, 1.807) is 19.5 Å². The van der Waals surface area contributed by atoms with Crippen LogP contribution in [0.5, 0.6) is 17.4 Å². The molecule has 1 atom stereocenters. The fraction of sp³-hybridized carbons (Fsp3) is 0.417. The molecule has 10 heteroatoms. The molecule has 2 saturated heterocycles. The van der Waals surface area contributed by atoms with Crippen LogP contribution in [0.3, 0.4) is 0 Å². The Kier molecular flexibility index (Phi) is 6.97. The highest BCUT2D eigenvalue weighted by Gasteiger charge is 2.18. The maximum atomic E-state index is 6.17. The van der Waals surface area contributed by atoms with E-state index in [9.17, 15) is 0 Å². The first-order chi connectivity index (χ1) is 16.8. The molecular weight excluding hydrogens is 434 g/mol. The van der Waals surface area contributed by atoms with E-state index in [0.29, 0.717) is 48.4 Å². The summed E-state index contributed by atoms with van der Waals surface area (Å²) in [6.07, 6.45) is 5.83. The first kappa shape index (κ1) is 22.3. The van der Waals surface area contributed by atoms with Gasteiger partial charge in [-0.3, -0.25) is 0 Å². The van der Waals surface area contributed by atoms with Gasteiger partial charge in [-0.15, -0.1) is 0 Å². The largest absolute Gasteiger partial charge is 0.497 e. The Labute approximate surface area is 198 Å². The second-order valence-electron chi connectivity index (χ2n) is 8.21. The van der Waals surface area contributed by atoms with Gasteiger partial charge in [-0.25, -0.2) is 15.0 Å². The summed E-state index contributed by atoms with van der Waals surface area (Å²) < 4.78 is 16.9. The number of rotatable bonds is 8. The van der Waals surface area contributed by atoms with Crippen LogP contribution >= 0.6 is 0 Å². The van der Waals surface area contributed by atoms with Crippen molar-refractivity contribution in [2.75, 3.05) is 56.7 Å². The molecule has 2 aromatic heterocycles. The van der Waals surface area contributed by atoms with Crippen LogP contribution in [0.2, 0.25) is 0 Å². The van der Waals surface area contributed by atoms with Crippen molar-refractivity contribution in [1.82, 2.24) is 25.3 Å². The number of nitrogens with zero attached hydrogens (tertiary/aromatic N) is 5. The Morgan fingerprint density at radius 1 is 1.09 bits per heavy atom. The fourth-order valence-electron chi connectivity index (χ4n) is 4.00. The molecule has 178 valence electrons. The summed E-state index contributed by atoms with van der Waals surface area (Å²) in [5.41, 5.74) is 1.37. The number of anilines is 2. The predicted molar refractivity (Wildman–Crippen MR) is 129 cm³/mol. The fourth-order valence-corrected chi connectivity index (χ4v) is 4.00. The summed E-state index contributed by atoms with van der Waals surface area (Å²) >= 11 is 0. The average Bonchev–Trinajstić information content (AvgIpc) is 3.43. The van der Waals surface area contributed by atoms with Gasteiger partial charge < -0.3 is 29.7 Å². The number of nitrogens with one attached hydrogen (secondary N) is 2. The summed E-state index contributed by atoms with van der Waals surface area (Å²) in [6, 6.07) is 9.64. The van der Waals surface area contributed by atoms with E-state index in [2.05, 4.69) is 25.5 Å². The van der Waals surface area contributed by atoms with E-state index in [-0.39, 0.29) is 0 Å². The summed E-state index contributed by atoms with van der Waals surface area (Å²) in [4.78, 5) is 20.6. The van der Waals surface area contributed by atoms with Crippen LogP contribution in [0, 0.1) is 0 Å². The minimum atomic E-state index is 0.423. The van der Waals surface area contributed by atoms with Crippen molar-refractivity contribution in [3.8, 4) is 28.9 Å². The molecule has 3 aromatic rings. The summed E-state index contributed by atoms with van der Waals surface area (Å²) in [7, 11) is 1.64. The van der Waals surface area contributed by atoms with Crippen molar-refractivity contribution in [1.29, 1.82) is 0 Å². The lowest BCUT2D eigenvalue weighted by Gasteiger charge is -2.26. The quantitative estimate of drug-likeness (QED) is 0.518. The van der Waals surface area contributed by atoms with Crippen LogP contribution in [0.1, 0.15) is 12.8 Å². The molecule has 34 heavy (non-hydrogen) atoms. The van der Waals surface area contributed by atoms with Gasteiger partial charge >= 0.3 is 0 Å². The normalized spacial score (nSPS) is 18.0. The van der Waals surface area contributed by atoms with E-state index in [4.69, 9.17) is 24.2 Å².